The Balaban J connectivity index is 2.02. The third-order valence-electron chi connectivity index (χ3n) is 5.32. The maximum atomic E-state index is 5.07. The van der Waals surface area contributed by atoms with E-state index < -0.39 is 0 Å². The predicted molar refractivity (Wildman–Crippen MR) is 99.3 cm³/mol. The second kappa shape index (κ2) is 4.41. The van der Waals surface area contributed by atoms with Gasteiger partial charge in [0.2, 0.25) is 0 Å². The fraction of sp³-hybridized carbons (Fsp3) is 0.182. The molecular formula is C22H18N2. The van der Waals surface area contributed by atoms with E-state index in [1.807, 2.05) is 0 Å². The van der Waals surface area contributed by atoms with E-state index in [-0.39, 0.29) is 5.41 Å². The molecule has 0 aliphatic heterocycles. The van der Waals surface area contributed by atoms with Crippen molar-refractivity contribution in [2.75, 3.05) is 0 Å². The first kappa shape index (κ1) is 13.7. The van der Waals surface area contributed by atoms with Gasteiger partial charge in [0.1, 0.15) is 0 Å². The lowest BCUT2D eigenvalue weighted by Gasteiger charge is -2.33. The molecule has 24 heavy (non-hydrogen) atoms. The van der Waals surface area contributed by atoms with Crippen LogP contribution < -0.4 is 0 Å². The molecular weight excluding hydrogens is 292 g/mol. The fourth-order valence-electron chi connectivity index (χ4n) is 4.03. The second-order valence-electron chi connectivity index (χ2n) is 7.20. The van der Waals surface area contributed by atoms with Crippen LogP contribution in [0.3, 0.4) is 0 Å². The molecule has 2 nitrogen and oxygen atoms in total. The van der Waals surface area contributed by atoms with Crippen molar-refractivity contribution in [2.45, 2.75) is 26.2 Å². The van der Waals surface area contributed by atoms with Crippen LogP contribution in [0.4, 0.5) is 0 Å². The molecule has 0 radical (unpaired) electrons. The summed E-state index contributed by atoms with van der Waals surface area (Å²) in [5.41, 5.74) is 7.65. The molecule has 1 heterocycles. The van der Waals surface area contributed by atoms with Crippen LogP contribution in [-0.4, -0.2) is 9.97 Å². The summed E-state index contributed by atoms with van der Waals surface area (Å²) >= 11 is 0. The Morgan fingerprint density at radius 2 is 1.58 bits per heavy atom. The van der Waals surface area contributed by atoms with Gasteiger partial charge in [-0.1, -0.05) is 62.4 Å². The molecule has 0 saturated carbocycles. The largest absolute Gasteiger partial charge is 0.248 e. The molecule has 0 fully saturated rings. The highest BCUT2D eigenvalue weighted by molar-refractivity contribution is 6.02. The normalized spacial score (nSPS) is 14.8. The molecule has 5 rings (SSSR count). The Labute approximate surface area is 141 Å². The van der Waals surface area contributed by atoms with Gasteiger partial charge >= 0.3 is 0 Å². The van der Waals surface area contributed by atoms with Crippen LogP contribution in [0.2, 0.25) is 0 Å². The van der Waals surface area contributed by atoms with E-state index in [0.717, 1.165) is 22.4 Å². The van der Waals surface area contributed by atoms with Crippen molar-refractivity contribution >= 4 is 21.8 Å². The third kappa shape index (κ3) is 1.60. The highest BCUT2D eigenvalue weighted by Gasteiger charge is 2.35. The van der Waals surface area contributed by atoms with Crippen molar-refractivity contribution in [3.63, 3.8) is 0 Å². The van der Waals surface area contributed by atoms with Crippen LogP contribution in [0.15, 0.2) is 54.6 Å². The highest BCUT2D eigenvalue weighted by Crippen LogP contribution is 2.47. The molecule has 3 aromatic carbocycles. The molecule has 0 spiro atoms. The molecule has 0 N–H and O–H groups in total. The summed E-state index contributed by atoms with van der Waals surface area (Å²) in [6.07, 6.45) is 0. The van der Waals surface area contributed by atoms with E-state index in [1.54, 1.807) is 0 Å². The average molecular weight is 310 g/mol. The Morgan fingerprint density at radius 1 is 0.833 bits per heavy atom. The molecule has 1 aliphatic rings. The zero-order valence-electron chi connectivity index (χ0n) is 14.1. The highest BCUT2D eigenvalue weighted by atomic mass is 14.9. The van der Waals surface area contributed by atoms with Crippen molar-refractivity contribution in [2.24, 2.45) is 0 Å². The van der Waals surface area contributed by atoms with Crippen LogP contribution in [0.5, 0.6) is 0 Å². The van der Waals surface area contributed by atoms with Gasteiger partial charge in [0.25, 0.3) is 0 Å². The molecule has 0 amide bonds. The number of hydrogen-bond acceptors (Lipinski definition) is 2. The lowest BCUT2D eigenvalue weighted by molar-refractivity contribution is 0.620. The summed E-state index contributed by atoms with van der Waals surface area (Å²) in [6, 6.07) is 19.3. The molecule has 2 heteroatoms. The standard InChI is InChI=1S/C22H18N2/c1-13-7-4-12-17-19(13)24-20-15-10-5-8-14-9-6-11-16(18(14)15)22(2,3)21(20)23-17/h4-12H,1-3H3. The molecule has 0 bridgehead atoms. The van der Waals surface area contributed by atoms with E-state index >= 15 is 0 Å². The molecule has 116 valence electrons. The summed E-state index contributed by atoms with van der Waals surface area (Å²) in [4.78, 5) is 10.1. The minimum Gasteiger partial charge on any atom is -0.248 e. The van der Waals surface area contributed by atoms with Crippen LogP contribution in [-0.2, 0) is 5.41 Å². The van der Waals surface area contributed by atoms with Gasteiger partial charge < -0.3 is 0 Å². The van der Waals surface area contributed by atoms with Crippen molar-refractivity contribution in [1.29, 1.82) is 0 Å². The predicted octanol–water partition coefficient (Wildman–Crippen LogP) is 5.40. The minimum absolute atomic E-state index is 0.159. The van der Waals surface area contributed by atoms with Crippen LogP contribution in [0.1, 0.15) is 30.7 Å². The SMILES string of the molecule is Cc1cccc2nc3c(nc12)-c1cccc2cccc(c12)C3(C)C. The van der Waals surface area contributed by atoms with E-state index in [9.17, 15) is 0 Å². The monoisotopic (exact) mass is 310 g/mol. The first-order valence-electron chi connectivity index (χ1n) is 8.38. The Bertz CT molecular complexity index is 1130. The molecule has 0 saturated heterocycles. The number of benzene rings is 3. The number of aromatic nitrogens is 2. The van der Waals surface area contributed by atoms with Crippen molar-refractivity contribution < 1.29 is 0 Å². The van der Waals surface area contributed by atoms with E-state index in [0.29, 0.717) is 0 Å². The summed E-state index contributed by atoms with van der Waals surface area (Å²) in [5.74, 6) is 0. The average Bonchev–Trinajstić information content (AvgIpc) is 2.59. The Hall–Kier alpha value is -2.74. The Morgan fingerprint density at radius 3 is 2.42 bits per heavy atom. The number of nitrogens with zero attached hydrogens (tertiary/aromatic N) is 2. The van der Waals surface area contributed by atoms with Crippen LogP contribution in [0, 0.1) is 6.92 Å². The van der Waals surface area contributed by atoms with Gasteiger partial charge in [-0.15, -0.1) is 0 Å². The van der Waals surface area contributed by atoms with E-state index in [4.69, 9.17) is 9.97 Å². The van der Waals surface area contributed by atoms with Crippen LogP contribution >= 0.6 is 0 Å². The molecule has 1 aromatic heterocycles. The quantitative estimate of drug-likeness (QED) is 0.435. The van der Waals surface area contributed by atoms with Gasteiger partial charge in [-0.3, -0.25) is 0 Å². The van der Waals surface area contributed by atoms with Crippen molar-refractivity contribution in [3.05, 3.63) is 71.4 Å². The van der Waals surface area contributed by atoms with Gasteiger partial charge in [0.15, 0.2) is 0 Å². The van der Waals surface area contributed by atoms with Crippen LogP contribution in [0.25, 0.3) is 33.1 Å². The van der Waals surface area contributed by atoms with Gasteiger partial charge in [0, 0.05) is 11.0 Å². The fourth-order valence-corrected chi connectivity index (χ4v) is 4.03. The maximum Gasteiger partial charge on any atom is 0.0940 e. The first-order chi connectivity index (χ1) is 11.6. The molecule has 0 unspecified atom stereocenters. The van der Waals surface area contributed by atoms with Gasteiger partial charge in [-0.25, -0.2) is 9.97 Å². The zero-order chi connectivity index (χ0) is 16.5. The number of fused-ring (bicyclic) bond motifs is 3. The van der Waals surface area contributed by atoms with Gasteiger partial charge in [0.05, 0.1) is 22.4 Å². The number of rotatable bonds is 0. The smallest absolute Gasteiger partial charge is 0.0940 e. The summed E-state index contributed by atoms with van der Waals surface area (Å²) in [6.45, 7) is 6.62. The molecule has 4 aromatic rings. The lowest BCUT2D eigenvalue weighted by Crippen LogP contribution is -2.26. The summed E-state index contributed by atoms with van der Waals surface area (Å²) in [7, 11) is 0. The minimum atomic E-state index is -0.159. The molecule has 0 atom stereocenters. The number of hydrogen-bond donors (Lipinski definition) is 0. The number of aryl methyl sites for hydroxylation is 1. The number of para-hydroxylation sites is 1. The maximum absolute atomic E-state index is 5.07. The second-order valence-corrected chi connectivity index (χ2v) is 7.20. The molecule has 1 aliphatic carbocycles. The Kier molecular flexibility index (Phi) is 2.52. The zero-order valence-corrected chi connectivity index (χ0v) is 14.1. The first-order valence-corrected chi connectivity index (χ1v) is 8.38. The van der Waals surface area contributed by atoms with Crippen molar-refractivity contribution in [1.82, 2.24) is 9.97 Å². The third-order valence-corrected chi connectivity index (χ3v) is 5.32. The van der Waals surface area contributed by atoms with E-state index in [1.165, 1.54) is 27.5 Å². The lowest BCUT2D eigenvalue weighted by atomic mass is 9.72. The van der Waals surface area contributed by atoms with Crippen molar-refractivity contribution in [3.8, 4) is 11.3 Å². The summed E-state index contributed by atoms with van der Waals surface area (Å²) in [5, 5.41) is 2.59. The van der Waals surface area contributed by atoms with Gasteiger partial charge in [-0.2, -0.15) is 0 Å². The topological polar surface area (TPSA) is 25.8 Å². The summed E-state index contributed by atoms with van der Waals surface area (Å²) < 4.78 is 0. The van der Waals surface area contributed by atoms with E-state index in [2.05, 4.69) is 75.4 Å². The van der Waals surface area contributed by atoms with Gasteiger partial charge in [-0.05, 0) is 34.9 Å².